The van der Waals surface area contributed by atoms with Crippen LogP contribution in [0.5, 0.6) is 0 Å². The summed E-state index contributed by atoms with van der Waals surface area (Å²) < 4.78 is 4.47. The van der Waals surface area contributed by atoms with Crippen LogP contribution in [0.3, 0.4) is 0 Å². The van der Waals surface area contributed by atoms with Gasteiger partial charge in [-0.05, 0) is 60.5 Å². The van der Waals surface area contributed by atoms with E-state index < -0.39 is 0 Å². The molecule has 0 N–H and O–H groups in total. The van der Waals surface area contributed by atoms with Gasteiger partial charge in [-0.1, -0.05) is 104 Å². The number of fused-ring (bicyclic) bond motifs is 7. The number of rotatable bonds is 5. The Kier molecular flexibility index (Phi) is 6.42. The molecule has 3 aromatic heterocycles. The quantitative estimate of drug-likeness (QED) is 0.148. The minimum atomic E-state index is 0.603. The maximum absolute atomic E-state index is 5.11. The molecule has 0 saturated carbocycles. The van der Waals surface area contributed by atoms with Crippen molar-refractivity contribution in [3.8, 4) is 5.69 Å². The van der Waals surface area contributed by atoms with E-state index >= 15 is 0 Å². The van der Waals surface area contributed by atoms with Crippen LogP contribution in [0.1, 0.15) is 23.6 Å². The van der Waals surface area contributed by atoms with Crippen LogP contribution in [0.4, 0.5) is 0 Å². The molecule has 8 aromatic rings. The van der Waals surface area contributed by atoms with Gasteiger partial charge >= 0.3 is 0 Å². The van der Waals surface area contributed by atoms with Gasteiger partial charge in [0.1, 0.15) is 11.2 Å². The summed E-state index contributed by atoms with van der Waals surface area (Å²) in [5, 5.41) is 2.34. The molecule has 45 heavy (non-hydrogen) atoms. The second-order valence-electron chi connectivity index (χ2n) is 11.1. The highest BCUT2D eigenvalue weighted by Crippen LogP contribution is 2.36. The molecule has 0 aliphatic heterocycles. The Morgan fingerprint density at radius 2 is 1.33 bits per heavy atom. The van der Waals surface area contributed by atoms with Crippen LogP contribution in [0.15, 0.2) is 162 Å². The predicted octanol–water partition coefficient (Wildman–Crippen LogP) is 9.51. The first kappa shape index (κ1) is 26.5. The summed E-state index contributed by atoms with van der Waals surface area (Å²) in [4.78, 5) is 15.2. The highest BCUT2D eigenvalue weighted by atomic mass is 15.0. The number of pyridine rings is 1. The number of amidine groups is 1. The molecule has 5 aromatic carbocycles. The number of aliphatic imine (C=N–C) groups is 2. The molecule has 5 nitrogen and oxygen atoms in total. The van der Waals surface area contributed by atoms with E-state index in [1.807, 2.05) is 67.6 Å². The van der Waals surface area contributed by atoms with Crippen molar-refractivity contribution in [3.05, 3.63) is 169 Å². The Hall–Kier alpha value is -6.07. The number of hydrogen-bond donors (Lipinski definition) is 0. The fourth-order valence-corrected chi connectivity index (χ4v) is 6.11. The van der Waals surface area contributed by atoms with E-state index in [9.17, 15) is 0 Å². The summed E-state index contributed by atoms with van der Waals surface area (Å²) in [7, 11) is 0. The number of hydrogen-bond acceptors (Lipinski definition) is 2. The lowest BCUT2D eigenvalue weighted by molar-refractivity contribution is 1.18. The molecule has 0 atom stereocenters. The van der Waals surface area contributed by atoms with Gasteiger partial charge in [-0.15, -0.1) is 0 Å². The first-order valence-electron chi connectivity index (χ1n) is 15.0. The predicted molar refractivity (Wildman–Crippen MR) is 188 cm³/mol. The summed E-state index contributed by atoms with van der Waals surface area (Å²) in [6.07, 6.45) is 2.07. The Labute approximate surface area is 260 Å². The molecule has 0 aliphatic carbocycles. The van der Waals surface area contributed by atoms with E-state index in [4.69, 9.17) is 15.0 Å². The third-order valence-corrected chi connectivity index (χ3v) is 8.29. The second-order valence-corrected chi connectivity index (χ2v) is 11.1. The standard InChI is InChI=1S/C40H29N5/c1-27(29-14-5-3-6-15-29)41-40(42-28(2)30-16-7-4-8-17-30)31-18-13-19-32(26-31)45-35-21-10-9-20-33(35)34-23-24-36-38(39(34)45)43-37-22-11-12-25-44(36)37/h3-26H,1H2,2H3. The highest BCUT2D eigenvalue weighted by molar-refractivity contribution is 6.18. The van der Waals surface area contributed by atoms with Gasteiger partial charge in [0.25, 0.3) is 0 Å². The van der Waals surface area contributed by atoms with Gasteiger partial charge < -0.3 is 4.57 Å². The fraction of sp³-hybridized carbons (Fsp3) is 0.0250. The molecule has 0 spiro atoms. The maximum atomic E-state index is 5.11. The Morgan fingerprint density at radius 1 is 0.622 bits per heavy atom. The number of aromatic nitrogens is 3. The molecule has 0 bridgehead atoms. The van der Waals surface area contributed by atoms with Crippen LogP contribution in [0, 0.1) is 0 Å². The molecular formula is C40H29N5. The maximum Gasteiger partial charge on any atom is 0.160 e. The number of nitrogens with zero attached hydrogens (tertiary/aromatic N) is 5. The van der Waals surface area contributed by atoms with Crippen molar-refractivity contribution < 1.29 is 0 Å². The van der Waals surface area contributed by atoms with E-state index in [0.717, 1.165) is 61.2 Å². The minimum absolute atomic E-state index is 0.603. The third-order valence-electron chi connectivity index (χ3n) is 8.29. The zero-order valence-corrected chi connectivity index (χ0v) is 24.8. The van der Waals surface area contributed by atoms with Crippen molar-refractivity contribution in [3.63, 3.8) is 0 Å². The molecule has 214 valence electrons. The first-order valence-corrected chi connectivity index (χ1v) is 15.0. The lowest BCUT2D eigenvalue weighted by Gasteiger charge is -2.12. The van der Waals surface area contributed by atoms with Crippen LogP contribution in [0.2, 0.25) is 0 Å². The second kappa shape index (κ2) is 10.9. The highest BCUT2D eigenvalue weighted by Gasteiger charge is 2.18. The van der Waals surface area contributed by atoms with Gasteiger partial charge in [0, 0.05) is 33.9 Å². The van der Waals surface area contributed by atoms with Gasteiger partial charge in [-0.2, -0.15) is 0 Å². The Balaban J connectivity index is 1.36. The van der Waals surface area contributed by atoms with Crippen LogP contribution in [0.25, 0.3) is 49.9 Å². The van der Waals surface area contributed by atoms with E-state index in [-0.39, 0.29) is 0 Å². The van der Waals surface area contributed by atoms with Gasteiger partial charge in [0.15, 0.2) is 5.84 Å². The van der Waals surface area contributed by atoms with Gasteiger partial charge in [0.05, 0.1) is 22.2 Å². The average Bonchev–Trinajstić information content (AvgIpc) is 3.65. The molecule has 8 rings (SSSR count). The van der Waals surface area contributed by atoms with Crippen molar-refractivity contribution in [1.82, 2.24) is 14.0 Å². The number of benzene rings is 5. The topological polar surface area (TPSA) is 47.0 Å². The Morgan fingerprint density at radius 3 is 2.16 bits per heavy atom. The van der Waals surface area contributed by atoms with Crippen molar-refractivity contribution in [2.24, 2.45) is 9.98 Å². The van der Waals surface area contributed by atoms with Crippen LogP contribution >= 0.6 is 0 Å². The van der Waals surface area contributed by atoms with Crippen LogP contribution in [-0.4, -0.2) is 25.5 Å². The number of para-hydroxylation sites is 1. The van der Waals surface area contributed by atoms with Gasteiger partial charge in [-0.3, -0.25) is 4.40 Å². The van der Waals surface area contributed by atoms with Gasteiger partial charge in [0.2, 0.25) is 0 Å². The lowest BCUT2D eigenvalue weighted by atomic mass is 10.1. The van der Waals surface area contributed by atoms with E-state index in [2.05, 4.69) is 101 Å². The van der Waals surface area contributed by atoms with Crippen molar-refractivity contribution in [2.75, 3.05) is 0 Å². The van der Waals surface area contributed by atoms with E-state index in [0.29, 0.717) is 11.5 Å². The summed E-state index contributed by atoms with van der Waals surface area (Å²) >= 11 is 0. The van der Waals surface area contributed by atoms with Crippen molar-refractivity contribution >= 4 is 55.7 Å². The molecular weight excluding hydrogens is 550 g/mol. The summed E-state index contributed by atoms with van der Waals surface area (Å²) in [5.74, 6) is 0.603. The Bertz CT molecular complexity index is 2440. The molecule has 0 unspecified atom stereocenters. The largest absolute Gasteiger partial charge is 0.307 e. The smallest absolute Gasteiger partial charge is 0.160 e. The summed E-state index contributed by atoms with van der Waals surface area (Å²) in [5.41, 5.74) is 10.6. The van der Waals surface area contributed by atoms with E-state index in [1.165, 1.54) is 5.39 Å². The van der Waals surface area contributed by atoms with E-state index in [1.54, 1.807) is 0 Å². The molecule has 0 aliphatic rings. The molecule has 0 fully saturated rings. The van der Waals surface area contributed by atoms with Crippen molar-refractivity contribution in [2.45, 2.75) is 6.92 Å². The molecule has 0 radical (unpaired) electrons. The fourth-order valence-electron chi connectivity index (χ4n) is 6.11. The summed E-state index contributed by atoms with van der Waals surface area (Å²) in [6.45, 7) is 6.33. The zero-order valence-electron chi connectivity index (χ0n) is 24.8. The lowest BCUT2D eigenvalue weighted by Crippen LogP contribution is -2.05. The number of imidazole rings is 1. The third kappa shape index (κ3) is 4.62. The van der Waals surface area contributed by atoms with Crippen LogP contribution < -0.4 is 0 Å². The van der Waals surface area contributed by atoms with Crippen LogP contribution in [-0.2, 0) is 0 Å². The summed E-state index contributed by atoms with van der Waals surface area (Å²) in [6, 6.07) is 47.7. The molecule has 3 heterocycles. The van der Waals surface area contributed by atoms with Gasteiger partial charge in [-0.25, -0.2) is 15.0 Å². The molecule has 0 amide bonds. The van der Waals surface area contributed by atoms with Crippen molar-refractivity contribution in [1.29, 1.82) is 0 Å². The average molecular weight is 580 g/mol. The SMILES string of the molecule is C=C(N=C(N=C(C)c1ccccc1)c1cccc(-n2c3ccccc3c3ccc4c(nc5ccccn54)c32)c1)c1ccccc1. The zero-order chi connectivity index (χ0) is 30.3. The normalized spacial score (nSPS) is 12.5. The first-order chi connectivity index (χ1) is 22.2. The molecule has 0 saturated heterocycles. The monoisotopic (exact) mass is 579 g/mol. The molecule has 5 heteroatoms. The minimum Gasteiger partial charge on any atom is -0.307 e.